The van der Waals surface area contributed by atoms with Crippen molar-refractivity contribution in [2.24, 2.45) is 0 Å². The van der Waals surface area contributed by atoms with E-state index in [1.165, 1.54) is 26.8 Å². The SMILES string of the molecule is O=C(NCCS(=O)(=O)N1CCOCC1)c1cc(S(=O)(=O)N2CCCC2)ccc1Cl. The molecule has 0 bridgehead atoms. The standard InChI is InChI=1S/C17H24ClN3O6S2/c18-16-4-3-14(29(25,26)21-6-1-2-7-21)13-15(16)17(22)19-5-12-28(23,24)20-8-10-27-11-9-20/h3-4,13H,1-2,5-12H2,(H,19,22). The number of benzene rings is 1. The molecule has 3 rings (SSSR count). The predicted octanol–water partition coefficient (Wildman–Crippen LogP) is 0.516. The Morgan fingerprint density at radius 3 is 2.34 bits per heavy atom. The van der Waals surface area contributed by atoms with Gasteiger partial charge >= 0.3 is 0 Å². The van der Waals surface area contributed by atoms with Gasteiger partial charge in [0.05, 0.1) is 34.4 Å². The van der Waals surface area contributed by atoms with Gasteiger partial charge in [-0.1, -0.05) is 11.6 Å². The van der Waals surface area contributed by atoms with Crippen molar-refractivity contribution in [3.8, 4) is 0 Å². The van der Waals surface area contributed by atoms with E-state index < -0.39 is 26.0 Å². The van der Waals surface area contributed by atoms with Crippen LogP contribution in [0.2, 0.25) is 5.02 Å². The smallest absolute Gasteiger partial charge is 0.252 e. The molecular formula is C17H24ClN3O6S2. The highest BCUT2D eigenvalue weighted by Crippen LogP contribution is 2.25. The lowest BCUT2D eigenvalue weighted by molar-refractivity contribution is 0.0730. The van der Waals surface area contributed by atoms with Gasteiger partial charge in [-0.3, -0.25) is 4.79 Å². The molecule has 0 aromatic heterocycles. The van der Waals surface area contributed by atoms with Crippen LogP contribution in [0, 0.1) is 0 Å². The van der Waals surface area contributed by atoms with E-state index in [0.29, 0.717) is 39.4 Å². The van der Waals surface area contributed by atoms with Gasteiger partial charge in [0.25, 0.3) is 5.91 Å². The third kappa shape index (κ3) is 5.28. The number of rotatable bonds is 7. The van der Waals surface area contributed by atoms with Crippen LogP contribution in [0.15, 0.2) is 23.1 Å². The molecule has 1 amide bonds. The summed E-state index contributed by atoms with van der Waals surface area (Å²) in [5.74, 6) is -0.882. The van der Waals surface area contributed by atoms with Crippen LogP contribution in [-0.2, 0) is 24.8 Å². The molecule has 0 spiro atoms. The average molecular weight is 466 g/mol. The second-order valence-corrected chi connectivity index (χ2v) is 11.3. The van der Waals surface area contributed by atoms with E-state index in [2.05, 4.69) is 5.32 Å². The fourth-order valence-corrected chi connectivity index (χ4v) is 6.33. The number of nitrogens with one attached hydrogen (secondary N) is 1. The minimum Gasteiger partial charge on any atom is -0.379 e. The Balaban J connectivity index is 1.66. The quantitative estimate of drug-likeness (QED) is 0.628. The number of nitrogens with zero attached hydrogens (tertiary/aromatic N) is 2. The lowest BCUT2D eigenvalue weighted by Gasteiger charge is -2.26. The van der Waals surface area contributed by atoms with Crippen LogP contribution in [0.1, 0.15) is 23.2 Å². The zero-order valence-electron chi connectivity index (χ0n) is 15.8. The molecule has 12 heteroatoms. The van der Waals surface area contributed by atoms with Crippen molar-refractivity contribution < 1.29 is 26.4 Å². The first kappa shape index (κ1) is 22.4. The third-order valence-corrected chi connectivity index (χ3v) is 8.99. The summed E-state index contributed by atoms with van der Waals surface area (Å²) in [6.45, 7) is 2.06. The van der Waals surface area contributed by atoms with E-state index in [1.807, 2.05) is 0 Å². The van der Waals surface area contributed by atoms with Crippen LogP contribution in [0.5, 0.6) is 0 Å². The van der Waals surface area contributed by atoms with Crippen LogP contribution >= 0.6 is 11.6 Å². The fourth-order valence-electron chi connectivity index (χ4n) is 3.26. The Morgan fingerprint density at radius 1 is 1.03 bits per heavy atom. The van der Waals surface area contributed by atoms with Crippen molar-refractivity contribution in [1.29, 1.82) is 0 Å². The Morgan fingerprint density at radius 2 is 1.69 bits per heavy atom. The zero-order chi connectivity index (χ0) is 21.1. The number of carbonyl (C=O) groups excluding carboxylic acids is 1. The van der Waals surface area contributed by atoms with Gasteiger partial charge in [0, 0.05) is 32.7 Å². The van der Waals surface area contributed by atoms with Crippen molar-refractivity contribution in [2.75, 3.05) is 51.7 Å². The van der Waals surface area contributed by atoms with Crippen LogP contribution in [0.4, 0.5) is 0 Å². The molecule has 2 fully saturated rings. The Labute approximate surface area is 176 Å². The van der Waals surface area contributed by atoms with Crippen LogP contribution in [0.3, 0.4) is 0 Å². The number of sulfonamides is 2. The summed E-state index contributed by atoms with van der Waals surface area (Å²) in [5.41, 5.74) is -0.00397. The summed E-state index contributed by atoms with van der Waals surface area (Å²) in [6, 6.07) is 3.97. The van der Waals surface area contributed by atoms with Gasteiger partial charge in [0.1, 0.15) is 0 Å². The summed E-state index contributed by atoms with van der Waals surface area (Å²) in [5, 5.41) is 2.61. The summed E-state index contributed by atoms with van der Waals surface area (Å²) in [4.78, 5) is 12.5. The molecule has 9 nitrogen and oxygen atoms in total. The molecule has 29 heavy (non-hydrogen) atoms. The molecule has 0 radical (unpaired) electrons. The van der Waals surface area contributed by atoms with Crippen molar-refractivity contribution in [3.63, 3.8) is 0 Å². The van der Waals surface area contributed by atoms with Crippen molar-refractivity contribution in [2.45, 2.75) is 17.7 Å². The Hall–Kier alpha value is -1.24. The van der Waals surface area contributed by atoms with Gasteiger partial charge in [-0.05, 0) is 31.0 Å². The molecule has 2 aliphatic rings. The first-order chi connectivity index (χ1) is 13.7. The largest absolute Gasteiger partial charge is 0.379 e. The number of morpholine rings is 1. The van der Waals surface area contributed by atoms with Crippen molar-refractivity contribution in [3.05, 3.63) is 28.8 Å². The molecule has 0 saturated carbocycles. The zero-order valence-corrected chi connectivity index (χ0v) is 18.2. The normalized spacial score (nSPS) is 19.3. The molecule has 0 atom stereocenters. The van der Waals surface area contributed by atoms with Gasteiger partial charge in [0.15, 0.2) is 0 Å². The van der Waals surface area contributed by atoms with Crippen LogP contribution in [0.25, 0.3) is 0 Å². The average Bonchev–Trinajstić information content (AvgIpc) is 3.24. The number of hydrogen-bond donors (Lipinski definition) is 1. The molecule has 1 aromatic rings. The van der Waals surface area contributed by atoms with E-state index in [9.17, 15) is 21.6 Å². The number of hydrogen-bond acceptors (Lipinski definition) is 6. The number of halogens is 1. The maximum Gasteiger partial charge on any atom is 0.252 e. The first-order valence-corrected chi connectivity index (χ1v) is 12.8. The number of amides is 1. The maximum absolute atomic E-state index is 12.7. The van der Waals surface area contributed by atoms with Gasteiger partial charge in [0.2, 0.25) is 20.0 Å². The minimum atomic E-state index is -3.69. The van der Waals surface area contributed by atoms with Crippen molar-refractivity contribution in [1.82, 2.24) is 13.9 Å². The van der Waals surface area contributed by atoms with E-state index in [-0.39, 0.29) is 27.8 Å². The fraction of sp³-hybridized carbons (Fsp3) is 0.588. The molecule has 2 heterocycles. The number of ether oxygens (including phenoxy) is 1. The Bertz CT molecular complexity index is 955. The van der Waals surface area contributed by atoms with Crippen LogP contribution in [-0.4, -0.2) is 83.0 Å². The highest BCUT2D eigenvalue weighted by molar-refractivity contribution is 7.89. The van der Waals surface area contributed by atoms with Gasteiger partial charge in [-0.2, -0.15) is 8.61 Å². The van der Waals surface area contributed by atoms with Gasteiger partial charge in [-0.25, -0.2) is 16.8 Å². The Kier molecular flexibility index (Phi) is 7.18. The third-order valence-electron chi connectivity index (χ3n) is 4.89. The second kappa shape index (κ2) is 9.27. The molecule has 2 saturated heterocycles. The lowest BCUT2D eigenvalue weighted by atomic mass is 10.2. The summed E-state index contributed by atoms with van der Waals surface area (Å²) < 4.78 is 57.9. The molecule has 2 aliphatic heterocycles. The monoisotopic (exact) mass is 465 g/mol. The highest BCUT2D eigenvalue weighted by Gasteiger charge is 2.28. The van der Waals surface area contributed by atoms with E-state index in [4.69, 9.17) is 16.3 Å². The van der Waals surface area contributed by atoms with Crippen LogP contribution < -0.4 is 5.32 Å². The topological polar surface area (TPSA) is 113 Å². The molecule has 0 aliphatic carbocycles. The first-order valence-electron chi connectivity index (χ1n) is 9.35. The molecule has 162 valence electrons. The van der Waals surface area contributed by atoms with Gasteiger partial charge in [-0.15, -0.1) is 0 Å². The predicted molar refractivity (Wildman–Crippen MR) is 108 cm³/mol. The van der Waals surface area contributed by atoms with E-state index in [1.54, 1.807) is 0 Å². The summed E-state index contributed by atoms with van der Waals surface area (Å²) >= 11 is 6.08. The van der Waals surface area contributed by atoms with Gasteiger partial charge < -0.3 is 10.1 Å². The highest BCUT2D eigenvalue weighted by atomic mass is 35.5. The lowest BCUT2D eigenvalue weighted by Crippen LogP contribution is -2.43. The van der Waals surface area contributed by atoms with E-state index in [0.717, 1.165) is 12.8 Å². The molecule has 1 aromatic carbocycles. The second-order valence-electron chi connectivity index (χ2n) is 6.84. The summed E-state index contributed by atoms with van der Waals surface area (Å²) in [6.07, 6.45) is 1.61. The van der Waals surface area contributed by atoms with Crippen molar-refractivity contribution >= 4 is 37.6 Å². The maximum atomic E-state index is 12.7. The summed E-state index contributed by atoms with van der Waals surface area (Å²) in [7, 11) is -7.20. The molecular weight excluding hydrogens is 442 g/mol. The molecule has 0 unspecified atom stereocenters. The minimum absolute atomic E-state index is 0.00397. The molecule has 1 N–H and O–H groups in total. The number of carbonyl (C=O) groups is 1. The van der Waals surface area contributed by atoms with E-state index >= 15 is 0 Å².